The van der Waals surface area contributed by atoms with Gasteiger partial charge in [-0.3, -0.25) is 4.79 Å². The first kappa shape index (κ1) is 26.4. The van der Waals surface area contributed by atoms with Gasteiger partial charge in [-0.25, -0.2) is 13.8 Å². The van der Waals surface area contributed by atoms with Gasteiger partial charge in [0.15, 0.2) is 11.6 Å². The van der Waals surface area contributed by atoms with Crippen molar-refractivity contribution in [3.8, 4) is 16.9 Å². The highest BCUT2D eigenvalue weighted by molar-refractivity contribution is 6.31. The van der Waals surface area contributed by atoms with Gasteiger partial charge in [-0.05, 0) is 81.6 Å². The van der Waals surface area contributed by atoms with Crippen LogP contribution < -0.4 is 10.5 Å². The quantitative estimate of drug-likeness (QED) is 0.366. The molecule has 2 aromatic carbocycles. The first-order chi connectivity index (χ1) is 18.3. The molecule has 5 rings (SSSR count). The molecule has 3 heterocycles. The van der Waals surface area contributed by atoms with Gasteiger partial charge in [0.1, 0.15) is 17.7 Å². The van der Waals surface area contributed by atoms with Crippen LogP contribution in [0.15, 0.2) is 48.7 Å². The molecule has 2 saturated heterocycles. The number of nitrogens with two attached hydrogens (primary N) is 1. The molecule has 200 valence electrons. The zero-order valence-electron chi connectivity index (χ0n) is 21.3. The molecule has 2 N–H and O–H groups in total. The average molecular weight is 541 g/mol. The molecule has 2 atom stereocenters. The van der Waals surface area contributed by atoms with Crippen molar-refractivity contribution in [1.82, 2.24) is 14.8 Å². The maximum absolute atomic E-state index is 14.4. The molecular weight excluding hydrogens is 510 g/mol. The van der Waals surface area contributed by atoms with Crippen molar-refractivity contribution >= 4 is 23.3 Å². The summed E-state index contributed by atoms with van der Waals surface area (Å²) in [5.41, 5.74) is 8.00. The number of halogens is 3. The number of benzene rings is 2. The number of carbonyl (C=O) groups is 1. The fourth-order valence-electron chi connectivity index (χ4n) is 5.43. The number of pyridine rings is 1. The fourth-order valence-corrected chi connectivity index (χ4v) is 5.73. The van der Waals surface area contributed by atoms with Crippen LogP contribution in [0.3, 0.4) is 0 Å². The number of carbonyl (C=O) groups excluding carboxylic acids is 1. The largest absolute Gasteiger partial charge is 0.482 e. The summed E-state index contributed by atoms with van der Waals surface area (Å²) in [5.74, 6) is -1.08. The number of likely N-dealkylation sites (tertiary alicyclic amines) is 2. The molecular formula is C29H31ClF2N4O2. The first-order valence-corrected chi connectivity index (χ1v) is 13.4. The number of nitrogens with zero attached hydrogens (tertiary/aromatic N) is 3. The van der Waals surface area contributed by atoms with Crippen LogP contribution in [-0.2, 0) is 0 Å². The van der Waals surface area contributed by atoms with Crippen molar-refractivity contribution < 1.29 is 18.3 Å². The second-order valence-electron chi connectivity index (χ2n) is 10.0. The van der Waals surface area contributed by atoms with E-state index in [-0.39, 0.29) is 34.1 Å². The third-order valence-electron chi connectivity index (χ3n) is 7.42. The van der Waals surface area contributed by atoms with Crippen LogP contribution in [0.1, 0.15) is 54.6 Å². The number of aromatic nitrogens is 1. The van der Waals surface area contributed by atoms with E-state index in [0.29, 0.717) is 11.1 Å². The Hall–Kier alpha value is -3.23. The molecule has 38 heavy (non-hydrogen) atoms. The van der Waals surface area contributed by atoms with Gasteiger partial charge in [-0.2, -0.15) is 0 Å². The van der Waals surface area contributed by atoms with Crippen molar-refractivity contribution in [2.24, 2.45) is 0 Å². The van der Waals surface area contributed by atoms with E-state index in [9.17, 15) is 13.6 Å². The zero-order valence-corrected chi connectivity index (χ0v) is 22.1. The number of amides is 1. The predicted molar refractivity (Wildman–Crippen MR) is 144 cm³/mol. The summed E-state index contributed by atoms with van der Waals surface area (Å²) in [4.78, 5) is 22.2. The van der Waals surface area contributed by atoms with Crippen LogP contribution in [0.4, 0.5) is 14.6 Å². The normalized spacial score (nSPS) is 18.6. The molecule has 6 nitrogen and oxygen atoms in total. The van der Waals surface area contributed by atoms with Crippen LogP contribution in [0.5, 0.6) is 5.75 Å². The standard InChI is InChI=1S/C29H31ClF2N4O2/c1-18(26-23(31)9-10-24(32)27(26)30)38-25-15-21(16-34-28(25)33)19-6-4-7-20(14-19)29(37)36-13-5-8-22(36)17-35-11-2-3-12-35/h4,6-7,9-10,14-16,18,22H,2-3,5,8,11-13,17H2,1H3,(H2,33,34). The Kier molecular flexibility index (Phi) is 7.81. The summed E-state index contributed by atoms with van der Waals surface area (Å²) in [6.45, 7) is 5.48. The number of anilines is 1. The van der Waals surface area contributed by atoms with Crippen molar-refractivity contribution in [2.75, 3.05) is 31.9 Å². The monoisotopic (exact) mass is 540 g/mol. The summed E-state index contributed by atoms with van der Waals surface area (Å²) in [7, 11) is 0. The van der Waals surface area contributed by atoms with Crippen molar-refractivity contribution in [3.05, 3.63) is 76.4 Å². The SMILES string of the molecule is CC(Oc1cc(-c2cccc(C(=O)N3CCCC3CN3CCCC3)c2)cnc1N)c1c(F)ccc(F)c1Cl. The molecule has 3 aromatic rings. The number of nitrogen functional groups attached to an aromatic ring is 1. The summed E-state index contributed by atoms with van der Waals surface area (Å²) < 4.78 is 34.2. The lowest BCUT2D eigenvalue weighted by Crippen LogP contribution is -2.42. The number of hydrogen-bond acceptors (Lipinski definition) is 5. The topological polar surface area (TPSA) is 71.7 Å². The van der Waals surface area contributed by atoms with Gasteiger partial charge in [0, 0.05) is 42.0 Å². The highest BCUT2D eigenvalue weighted by Gasteiger charge is 2.31. The van der Waals surface area contributed by atoms with Crippen LogP contribution in [0.2, 0.25) is 5.02 Å². The Morgan fingerprint density at radius 3 is 2.66 bits per heavy atom. The summed E-state index contributed by atoms with van der Waals surface area (Å²) >= 11 is 6.00. The van der Waals surface area contributed by atoms with E-state index < -0.39 is 17.7 Å². The van der Waals surface area contributed by atoms with Crippen molar-refractivity contribution in [1.29, 1.82) is 0 Å². The third kappa shape index (κ3) is 5.47. The number of hydrogen-bond donors (Lipinski definition) is 1. The van der Waals surface area contributed by atoms with Crippen LogP contribution >= 0.6 is 11.6 Å². The molecule has 2 aliphatic rings. The minimum absolute atomic E-state index is 0.0262. The highest BCUT2D eigenvalue weighted by Crippen LogP contribution is 2.35. The van der Waals surface area contributed by atoms with E-state index in [0.717, 1.165) is 56.7 Å². The molecule has 9 heteroatoms. The van der Waals surface area contributed by atoms with Crippen molar-refractivity contribution in [3.63, 3.8) is 0 Å². The molecule has 0 spiro atoms. The maximum atomic E-state index is 14.4. The lowest BCUT2D eigenvalue weighted by Gasteiger charge is -2.28. The minimum Gasteiger partial charge on any atom is -0.482 e. The van der Waals surface area contributed by atoms with E-state index >= 15 is 0 Å². The Morgan fingerprint density at radius 1 is 1.11 bits per heavy atom. The van der Waals surface area contributed by atoms with Gasteiger partial charge in [-0.15, -0.1) is 0 Å². The summed E-state index contributed by atoms with van der Waals surface area (Å²) in [6.07, 6.45) is 5.17. The molecule has 2 fully saturated rings. The molecule has 0 aliphatic carbocycles. The molecule has 2 unspecified atom stereocenters. The van der Waals surface area contributed by atoms with Crippen LogP contribution in [0, 0.1) is 11.6 Å². The lowest BCUT2D eigenvalue weighted by atomic mass is 10.0. The molecule has 0 bridgehead atoms. The number of rotatable bonds is 7. The molecule has 0 saturated carbocycles. The van der Waals surface area contributed by atoms with Gasteiger partial charge in [0.25, 0.3) is 5.91 Å². The lowest BCUT2D eigenvalue weighted by molar-refractivity contribution is 0.0709. The third-order valence-corrected chi connectivity index (χ3v) is 7.80. The summed E-state index contributed by atoms with van der Waals surface area (Å²) in [5, 5.41) is -0.337. The molecule has 1 aromatic heterocycles. The second-order valence-corrected chi connectivity index (χ2v) is 10.4. The van der Waals surface area contributed by atoms with Gasteiger partial charge in [0.2, 0.25) is 0 Å². The second kappa shape index (κ2) is 11.3. The minimum atomic E-state index is -0.923. The Morgan fingerprint density at radius 2 is 1.87 bits per heavy atom. The molecule has 2 aliphatic heterocycles. The van der Waals surface area contributed by atoms with E-state index in [4.69, 9.17) is 22.1 Å². The van der Waals surface area contributed by atoms with Crippen LogP contribution in [-0.4, -0.2) is 52.9 Å². The number of ether oxygens (including phenoxy) is 1. The van der Waals surface area contributed by atoms with E-state index in [1.165, 1.54) is 12.8 Å². The van der Waals surface area contributed by atoms with E-state index in [2.05, 4.69) is 9.88 Å². The van der Waals surface area contributed by atoms with Crippen LogP contribution in [0.25, 0.3) is 11.1 Å². The van der Waals surface area contributed by atoms with Gasteiger partial charge >= 0.3 is 0 Å². The van der Waals surface area contributed by atoms with Gasteiger partial charge < -0.3 is 20.3 Å². The molecule has 1 amide bonds. The first-order valence-electron chi connectivity index (χ1n) is 13.0. The Bertz CT molecular complexity index is 1330. The Balaban J connectivity index is 1.36. The summed E-state index contributed by atoms with van der Waals surface area (Å²) in [6, 6.07) is 11.3. The fraction of sp³-hybridized carbons (Fsp3) is 0.379. The maximum Gasteiger partial charge on any atom is 0.254 e. The van der Waals surface area contributed by atoms with Gasteiger partial charge in [0.05, 0.1) is 5.02 Å². The van der Waals surface area contributed by atoms with E-state index in [1.54, 1.807) is 19.2 Å². The smallest absolute Gasteiger partial charge is 0.254 e. The Labute approximate surface area is 226 Å². The molecule has 0 radical (unpaired) electrons. The zero-order chi connectivity index (χ0) is 26.8. The average Bonchev–Trinajstić information content (AvgIpc) is 3.60. The predicted octanol–water partition coefficient (Wildman–Crippen LogP) is 6.10. The van der Waals surface area contributed by atoms with E-state index in [1.807, 2.05) is 29.2 Å². The van der Waals surface area contributed by atoms with Gasteiger partial charge in [-0.1, -0.05) is 23.7 Å². The highest BCUT2D eigenvalue weighted by atomic mass is 35.5. The van der Waals surface area contributed by atoms with Crippen molar-refractivity contribution in [2.45, 2.75) is 44.8 Å².